The van der Waals surface area contributed by atoms with Crippen LogP contribution in [0.2, 0.25) is 0 Å². The lowest BCUT2D eigenvalue weighted by molar-refractivity contribution is -0.124. The van der Waals surface area contributed by atoms with E-state index >= 15 is 0 Å². The minimum Gasteiger partial charge on any atom is -0.352 e. The Bertz CT molecular complexity index is 472. The fraction of sp³-hybridized carbons (Fsp3) is 0.733. The summed E-state index contributed by atoms with van der Waals surface area (Å²) < 4.78 is 1.88. The SMILES string of the molecule is CCC(C)C(N)C(=O)NC(C)Cc1c(C)nn(C)c1C.Cl. The first-order valence-electron chi connectivity index (χ1n) is 7.32. The highest BCUT2D eigenvalue weighted by atomic mass is 35.5. The molecule has 1 amide bonds. The molecule has 0 saturated carbocycles. The Labute approximate surface area is 134 Å². The predicted octanol–water partition coefficient (Wildman–Crippen LogP) is 1.88. The smallest absolute Gasteiger partial charge is 0.237 e. The number of hydrogen-bond donors (Lipinski definition) is 2. The molecule has 3 N–H and O–H groups in total. The van der Waals surface area contributed by atoms with E-state index in [2.05, 4.69) is 17.3 Å². The highest BCUT2D eigenvalue weighted by Gasteiger charge is 2.21. The molecule has 3 unspecified atom stereocenters. The van der Waals surface area contributed by atoms with Gasteiger partial charge in [-0.3, -0.25) is 9.48 Å². The summed E-state index contributed by atoms with van der Waals surface area (Å²) in [6, 6.07) is -0.377. The van der Waals surface area contributed by atoms with Crippen LogP contribution >= 0.6 is 12.4 Å². The second-order valence-corrected chi connectivity index (χ2v) is 5.80. The Balaban J connectivity index is 0.00000400. The lowest BCUT2D eigenvalue weighted by atomic mass is 9.98. The summed E-state index contributed by atoms with van der Waals surface area (Å²) in [7, 11) is 1.94. The molecular formula is C15H29ClN4O. The maximum Gasteiger partial charge on any atom is 0.237 e. The maximum absolute atomic E-state index is 12.1. The Hall–Kier alpha value is -1.07. The van der Waals surface area contributed by atoms with E-state index in [-0.39, 0.29) is 30.3 Å². The van der Waals surface area contributed by atoms with Gasteiger partial charge in [-0.15, -0.1) is 12.4 Å². The monoisotopic (exact) mass is 316 g/mol. The Morgan fingerprint density at radius 3 is 2.38 bits per heavy atom. The number of aryl methyl sites for hydroxylation is 2. The quantitative estimate of drug-likeness (QED) is 0.841. The van der Waals surface area contributed by atoms with Crippen LogP contribution in [-0.2, 0) is 18.3 Å². The summed E-state index contributed by atoms with van der Waals surface area (Å²) in [6.45, 7) is 10.1. The molecule has 0 aliphatic heterocycles. The lowest BCUT2D eigenvalue weighted by Crippen LogP contribution is -2.48. The Morgan fingerprint density at radius 1 is 1.38 bits per heavy atom. The van der Waals surface area contributed by atoms with Gasteiger partial charge in [0.25, 0.3) is 0 Å². The number of aromatic nitrogens is 2. The standard InChI is InChI=1S/C15H28N4O.ClH/c1-7-9(2)14(16)15(20)17-10(3)8-13-11(4)18-19(6)12(13)5;/h9-10,14H,7-8,16H2,1-6H3,(H,17,20);1H. The van der Waals surface area contributed by atoms with E-state index in [1.807, 2.05) is 39.4 Å². The van der Waals surface area contributed by atoms with Crippen molar-refractivity contribution in [2.75, 3.05) is 0 Å². The van der Waals surface area contributed by atoms with Crippen molar-refractivity contribution >= 4 is 18.3 Å². The van der Waals surface area contributed by atoms with Crippen molar-refractivity contribution in [2.24, 2.45) is 18.7 Å². The van der Waals surface area contributed by atoms with E-state index in [1.54, 1.807) is 0 Å². The van der Waals surface area contributed by atoms with Crippen LogP contribution in [0, 0.1) is 19.8 Å². The molecule has 0 aliphatic rings. The number of carbonyl (C=O) groups excluding carboxylic acids is 1. The number of amides is 1. The van der Waals surface area contributed by atoms with Gasteiger partial charge in [-0.2, -0.15) is 5.10 Å². The van der Waals surface area contributed by atoms with E-state index in [1.165, 1.54) is 5.56 Å². The first kappa shape index (κ1) is 19.9. The van der Waals surface area contributed by atoms with Gasteiger partial charge in [-0.05, 0) is 38.7 Å². The summed E-state index contributed by atoms with van der Waals surface area (Å²) in [4.78, 5) is 12.1. The fourth-order valence-corrected chi connectivity index (χ4v) is 2.32. The van der Waals surface area contributed by atoms with Gasteiger partial charge in [-0.1, -0.05) is 20.3 Å². The van der Waals surface area contributed by atoms with E-state index in [9.17, 15) is 4.79 Å². The fourth-order valence-electron chi connectivity index (χ4n) is 2.32. The molecular weight excluding hydrogens is 288 g/mol. The molecule has 0 aromatic carbocycles. The number of hydrogen-bond acceptors (Lipinski definition) is 3. The summed E-state index contributed by atoms with van der Waals surface area (Å²) in [5.41, 5.74) is 9.33. The summed E-state index contributed by atoms with van der Waals surface area (Å²) >= 11 is 0. The summed E-state index contributed by atoms with van der Waals surface area (Å²) in [6.07, 6.45) is 1.69. The van der Waals surface area contributed by atoms with Gasteiger partial charge < -0.3 is 11.1 Å². The molecule has 6 heteroatoms. The van der Waals surface area contributed by atoms with Crippen molar-refractivity contribution in [3.05, 3.63) is 17.0 Å². The molecule has 5 nitrogen and oxygen atoms in total. The van der Waals surface area contributed by atoms with Gasteiger partial charge in [0.1, 0.15) is 0 Å². The molecule has 122 valence electrons. The zero-order valence-electron chi connectivity index (χ0n) is 13.9. The van der Waals surface area contributed by atoms with Crippen LogP contribution in [0.15, 0.2) is 0 Å². The zero-order chi connectivity index (χ0) is 15.4. The van der Waals surface area contributed by atoms with Gasteiger partial charge in [-0.25, -0.2) is 0 Å². The van der Waals surface area contributed by atoms with Crippen LogP contribution in [0.3, 0.4) is 0 Å². The van der Waals surface area contributed by atoms with Crippen molar-refractivity contribution in [3.63, 3.8) is 0 Å². The van der Waals surface area contributed by atoms with E-state index in [4.69, 9.17) is 5.73 Å². The number of nitrogens with zero attached hydrogens (tertiary/aromatic N) is 2. The van der Waals surface area contributed by atoms with E-state index < -0.39 is 6.04 Å². The second-order valence-electron chi connectivity index (χ2n) is 5.80. The number of halogens is 1. The first-order valence-corrected chi connectivity index (χ1v) is 7.32. The largest absolute Gasteiger partial charge is 0.352 e. The lowest BCUT2D eigenvalue weighted by Gasteiger charge is -2.21. The van der Waals surface area contributed by atoms with Crippen molar-refractivity contribution in [1.29, 1.82) is 0 Å². The molecule has 1 heterocycles. The van der Waals surface area contributed by atoms with Crippen molar-refractivity contribution in [3.8, 4) is 0 Å². The summed E-state index contributed by atoms with van der Waals surface area (Å²) in [5, 5.41) is 7.40. The van der Waals surface area contributed by atoms with Gasteiger partial charge in [0, 0.05) is 18.8 Å². The van der Waals surface area contributed by atoms with Crippen molar-refractivity contribution in [2.45, 2.75) is 59.5 Å². The van der Waals surface area contributed by atoms with Crippen LogP contribution in [0.4, 0.5) is 0 Å². The Kier molecular flexibility index (Phi) is 7.96. The molecule has 0 fully saturated rings. The van der Waals surface area contributed by atoms with Crippen LogP contribution in [0.25, 0.3) is 0 Å². The molecule has 3 atom stereocenters. The zero-order valence-corrected chi connectivity index (χ0v) is 14.8. The first-order chi connectivity index (χ1) is 9.27. The van der Waals surface area contributed by atoms with Crippen LogP contribution in [-0.4, -0.2) is 27.8 Å². The molecule has 21 heavy (non-hydrogen) atoms. The molecule has 0 aliphatic carbocycles. The van der Waals surface area contributed by atoms with Crippen molar-refractivity contribution < 1.29 is 4.79 Å². The maximum atomic E-state index is 12.1. The van der Waals surface area contributed by atoms with Crippen LogP contribution in [0.5, 0.6) is 0 Å². The second kappa shape index (κ2) is 8.39. The predicted molar refractivity (Wildman–Crippen MR) is 88.7 cm³/mol. The molecule has 1 aromatic rings. The van der Waals surface area contributed by atoms with Crippen LogP contribution < -0.4 is 11.1 Å². The number of nitrogens with two attached hydrogens (primary N) is 1. The normalized spacial score (nSPS) is 15.0. The number of carbonyl (C=O) groups is 1. The molecule has 1 rings (SSSR count). The summed E-state index contributed by atoms with van der Waals surface area (Å²) in [5.74, 6) is 0.134. The van der Waals surface area contributed by atoms with Crippen LogP contribution in [0.1, 0.15) is 44.1 Å². The third-order valence-corrected chi connectivity index (χ3v) is 4.12. The number of rotatable bonds is 6. The molecule has 0 bridgehead atoms. The van der Waals surface area contributed by atoms with Gasteiger partial charge in [0.05, 0.1) is 11.7 Å². The minimum atomic E-state index is -0.432. The molecule has 1 aromatic heterocycles. The highest BCUT2D eigenvalue weighted by Crippen LogP contribution is 2.14. The van der Waals surface area contributed by atoms with Gasteiger partial charge in [0.15, 0.2) is 0 Å². The average Bonchev–Trinajstić information content (AvgIpc) is 2.63. The third-order valence-electron chi connectivity index (χ3n) is 4.12. The minimum absolute atomic E-state index is 0. The van der Waals surface area contributed by atoms with Crippen molar-refractivity contribution in [1.82, 2.24) is 15.1 Å². The van der Waals surface area contributed by atoms with E-state index in [0.29, 0.717) is 0 Å². The molecule has 0 saturated heterocycles. The highest BCUT2D eigenvalue weighted by molar-refractivity contribution is 5.85. The average molecular weight is 317 g/mol. The molecule has 0 spiro atoms. The van der Waals surface area contributed by atoms with E-state index in [0.717, 1.165) is 24.2 Å². The molecule has 0 radical (unpaired) electrons. The van der Waals surface area contributed by atoms with Gasteiger partial charge >= 0.3 is 0 Å². The van der Waals surface area contributed by atoms with Gasteiger partial charge in [0.2, 0.25) is 5.91 Å². The third kappa shape index (κ3) is 5.00. The number of nitrogens with one attached hydrogen (secondary N) is 1. The Morgan fingerprint density at radius 2 is 1.95 bits per heavy atom. The topological polar surface area (TPSA) is 72.9 Å².